The van der Waals surface area contributed by atoms with Gasteiger partial charge in [0.1, 0.15) is 5.60 Å². The van der Waals surface area contributed by atoms with E-state index in [1.807, 2.05) is 27.7 Å². The molecule has 1 amide bonds. The third-order valence-corrected chi connectivity index (χ3v) is 2.15. The second kappa shape index (κ2) is 5.49. The summed E-state index contributed by atoms with van der Waals surface area (Å²) in [6.07, 6.45) is 0.602. The van der Waals surface area contributed by atoms with Gasteiger partial charge in [-0.25, -0.2) is 4.79 Å². The summed E-state index contributed by atoms with van der Waals surface area (Å²) in [4.78, 5) is 13.2. The van der Waals surface area contributed by atoms with Crippen LogP contribution < -0.4 is 0 Å². The highest BCUT2D eigenvalue weighted by atomic mass is 32.1. The van der Waals surface area contributed by atoms with Gasteiger partial charge in [-0.3, -0.25) is 0 Å². The predicted molar refractivity (Wildman–Crippen MR) is 61.9 cm³/mol. The van der Waals surface area contributed by atoms with Crippen LogP contribution in [0.2, 0.25) is 0 Å². The molecule has 0 aliphatic rings. The van der Waals surface area contributed by atoms with Crippen molar-refractivity contribution in [2.24, 2.45) is 0 Å². The number of rotatable bonds is 3. The normalized spacial score (nSPS) is 13.6. The van der Waals surface area contributed by atoms with E-state index < -0.39 is 5.60 Å². The monoisotopic (exact) mass is 219 g/mol. The van der Waals surface area contributed by atoms with Gasteiger partial charge in [-0.15, -0.1) is 0 Å². The Hall–Kier alpha value is -0.380. The third-order valence-electron chi connectivity index (χ3n) is 1.89. The average Bonchev–Trinajstić information content (AvgIpc) is 2.00. The van der Waals surface area contributed by atoms with Crippen molar-refractivity contribution in [3.63, 3.8) is 0 Å². The lowest BCUT2D eigenvalue weighted by Crippen LogP contribution is -2.39. The number of nitrogens with zero attached hydrogens (tertiary/aromatic N) is 1. The molecule has 0 N–H and O–H groups in total. The van der Waals surface area contributed by atoms with Crippen LogP contribution in [0.15, 0.2) is 0 Å². The highest BCUT2D eigenvalue weighted by molar-refractivity contribution is 7.80. The predicted octanol–water partition coefficient (Wildman–Crippen LogP) is 2.56. The second-order valence-electron chi connectivity index (χ2n) is 4.45. The van der Waals surface area contributed by atoms with Gasteiger partial charge in [-0.05, 0) is 39.9 Å². The molecule has 0 radical (unpaired) electrons. The first-order valence-corrected chi connectivity index (χ1v) is 5.48. The molecule has 0 saturated carbocycles. The molecule has 0 aromatic carbocycles. The van der Waals surface area contributed by atoms with E-state index in [9.17, 15) is 4.79 Å². The number of amides is 1. The molecule has 0 spiro atoms. The van der Waals surface area contributed by atoms with Gasteiger partial charge in [-0.1, -0.05) is 0 Å². The highest BCUT2D eigenvalue weighted by Crippen LogP contribution is 2.11. The minimum Gasteiger partial charge on any atom is -0.444 e. The summed E-state index contributed by atoms with van der Waals surface area (Å²) in [5.74, 6) is 0.772. The molecule has 0 bridgehead atoms. The number of ether oxygens (including phenoxy) is 1. The molecule has 3 nitrogen and oxygen atoms in total. The van der Waals surface area contributed by atoms with Crippen LogP contribution in [-0.2, 0) is 4.74 Å². The summed E-state index contributed by atoms with van der Waals surface area (Å²) in [6, 6.07) is 0.169. The molecule has 0 saturated heterocycles. The first-order valence-electron chi connectivity index (χ1n) is 4.84. The summed E-state index contributed by atoms with van der Waals surface area (Å²) >= 11 is 4.13. The smallest absolute Gasteiger partial charge is 0.410 e. The van der Waals surface area contributed by atoms with Crippen LogP contribution >= 0.6 is 12.6 Å². The van der Waals surface area contributed by atoms with E-state index in [4.69, 9.17) is 4.74 Å². The molecule has 0 rings (SSSR count). The SMILES string of the molecule is CC(CCS)N(C)C(=O)OC(C)(C)C. The zero-order valence-corrected chi connectivity index (χ0v) is 10.6. The zero-order valence-electron chi connectivity index (χ0n) is 9.70. The zero-order chi connectivity index (χ0) is 11.4. The molecular weight excluding hydrogens is 198 g/mol. The van der Waals surface area contributed by atoms with Crippen molar-refractivity contribution >= 4 is 18.7 Å². The number of hydrogen-bond donors (Lipinski definition) is 1. The van der Waals surface area contributed by atoms with Crippen LogP contribution in [0.5, 0.6) is 0 Å². The van der Waals surface area contributed by atoms with Crippen molar-refractivity contribution < 1.29 is 9.53 Å². The Balaban J connectivity index is 4.12. The van der Waals surface area contributed by atoms with Crippen LogP contribution in [0.1, 0.15) is 34.1 Å². The third kappa shape index (κ3) is 5.37. The molecule has 14 heavy (non-hydrogen) atoms. The molecule has 0 heterocycles. The van der Waals surface area contributed by atoms with Crippen molar-refractivity contribution in [2.75, 3.05) is 12.8 Å². The van der Waals surface area contributed by atoms with Crippen molar-refractivity contribution in [2.45, 2.75) is 45.8 Å². The minimum atomic E-state index is -0.425. The molecule has 1 atom stereocenters. The van der Waals surface area contributed by atoms with E-state index in [0.29, 0.717) is 0 Å². The topological polar surface area (TPSA) is 29.5 Å². The van der Waals surface area contributed by atoms with E-state index in [-0.39, 0.29) is 12.1 Å². The molecule has 0 fully saturated rings. The Morgan fingerprint density at radius 3 is 2.36 bits per heavy atom. The van der Waals surface area contributed by atoms with Gasteiger partial charge in [0.25, 0.3) is 0 Å². The van der Waals surface area contributed by atoms with Gasteiger partial charge < -0.3 is 9.64 Å². The highest BCUT2D eigenvalue weighted by Gasteiger charge is 2.22. The molecule has 0 aliphatic heterocycles. The van der Waals surface area contributed by atoms with Gasteiger partial charge in [0.05, 0.1) is 0 Å². The number of carbonyl (C=O) groups excluding carboxylic acids is 1. The van der Waals surface area contributed by atoms with Crippen LogP contribution in [-0.4, -0.2) is 35.4 Å². The van der Waals surface area contributed by atoms with Crippen molar-refractivity contribution in [3.05, 3.63) is 0 Å². The Bertz CT molecular complexity index is 189. The van der Waals surface area contributed by atoms with E-state index in [2.05, 4.69) is 12.6 Å². The fourth-order valence-electron chi connectivity index (χ4n) is 0.894. The van der Waals surface area contributed by atoms with Crippen LogP contribution in [0.3, 0.4) is 0 Å². The van der Waals surface area contributed by atoms with Crippen LogP contribution in [0.25, 0.3) is 0 Å². The average molecular weight is 219 g/mol. The van der Waals surface area contributed by atoms with Crippen LogP contribution in [0.4, 0.5) is 4.79 Å². The van der Waals surface area contributed by atoms with E-state index in [1.165, 1.54) is 0 Å². The van der Waals surface area contributed by atoms with Crippen LogP contribution in [0, 0.1) is 0 Å². The van der Waals surface area contributed by atoms with Gasteiger partial charge in [0.2, 0.25) is 0 Å². The van der Waals surface area contributed by atoms with Gasteiger partial charge in [0.15, 0.2) is 0 Å². The summed E-state index contributed by atoms with van der Waals surface area (Å²) in [7, 11) is 1.75. The maximum Gasteiger partial charge on any atom is 0.410 e. The van der Waals surface area contributed by atoms with Crippen molar-refractivity contribution in [1.29, 1.82) is 0 Å². The lowest BCUT2D eigenvalue weighted by molar-refractivity contribution is 0.0234. The van der Waals surface area contributed by atoms with Gasteiger partial charge in [-0.2, -0.15) is 12.6 Å². The standard InChI is InChI=1S/C10H21NO2S/c1-8(6-7-14)11(5)9(12)13-10(2,3)4/h8,14H,6-7H2,1-5H3. The lowest BCUT2D eigenvalue weighted by Gasteiger charge is -2.28. The van der Waals surface area contributed by atoms with Crippen molar-refractivity contribution in [3.8, 4) is 0 Å². The molecule has 0 aromatic heterocycles. The largest absolute Gasteiger partial charge is 0.444 e. The Morgan fingerprint density at radius 2 is 2.00 bits per heavy atom. The number of thiol groups is 1. The lowest BCUT2D eigenvalue weighted by atomic mass is 10.2. The molecule has 4 heteroatoms. The molecule has 1 unspecified atom stereocenters. The first kappa shape index (κ1) is 13.6. The molecule has 0 aromatic rings. The van der Waals surface area contributed by atoms with E-state index >= 15 is 0 Å². The van der Waals surface area contributed by atoms with Gasteiger partial charge in [0, 0.05) is 13.1 Å². The van der Waals surface area contributed by atoms with E-state index in [1.54, 1.807) is 11.9 Å². The first-order chi connectivity index (χ1) is 6.28. The number of carbonyl (C=O) groups is 1. The maximum atomic E-state index is 11.6. The fourth-order valence-corrected chi connectivity index (χ4v) is 1.27. The summed E-state index contributed by atoms with van der Waals surface area (Å²) in [5.41, 5.74) is -0.425. The molecule has 0 aliphatic carbocycles. The summed E-state index contributed by atoms with van der Waals surface area (Å²) < 4.78 is 5.23. The molecular formula is C10H21NO2S. The Morgan fingerprint density at radius 1 is 1.50 bits per heavy atom. The fraction of sp³-hybridized carbons (Fsp3) is 0.900. The minimum absolute atomic E-state index is 0.169. The van der Waals surface area contributed by atoms with Crippen molar-refractivity contribution in [1.82, 2.24) is 4.90 Å². The summed E-state index contributed by atoms with van der Waals surface area (Å²) in [5, 5.41) is 0. The second-order valence-corrected chi connectivity index (χ2v) is 4.90. The quantitative estimate of drug-likeness (QED) is 0.739. The van der Waals surface area contributed by atoms with E-state index in [0.717, 1.165) is 12.2 Å². The molecule has 84 valence electrons. The Kier molecular flexibility index (Phi) is 5.34. The maximum absolute atomic E-state index is 11.6. The summed E-state index contributed by atoms with van der Waals surface area (Å²) in [6.45, 7) is 7.58. The Labute approximate surface area is 92.2 Å². The van der Waals surface area contributed by atoms with Gasteiger partial charge >= 0.3 is 6.09 Å². The number of hydrogen-bond acceptors (Lipinski definition) is 3.